The van der Waals surface area contributed by atoms with Gasteiger partial charge in [-0.05, 0) is 19.4 Å². The Morgan fingerprint density at radius 1 is 1.44 bits per heavy atom. The van der Waals surface area contributed by atoms with Crippen LogP contribution in [-0.4, -0.2) is 24.7 Å². The average molecular weight is 130 g/mol. The molecule has 53 valence electrons. The van der Waals surface area contributed by atoms with Gasteiger partial charge in [0.15, 0.2) is 0 Å². The summed E-state index contributed by atoms with van der Waals surface area (Å²) in [6.45, 7) is 3.56. The fraction of sp³-hybridized carbons (Fsp3) is 0.857. The molecule has 0 amide bonds. The van der Waals surface area contributed by atoms with Crippen molar-refractivity contribution in [2.24, 2.45) is 0 Å². The Bertz CT molecular complexity index is 66.6. The second-order valence-electron chi connectivity index (χ2n) is 2.40. The fourth-order valence-corrected chi connectivity index (χ4v) is 1.14. The molecule has 0 aliphatic carbocycles. The summed E-state index contributed by atoms with van der Waals surface area (Å²) in [5.41, 5.74) is 0. The molecule has 1 rings (SSSR count). The number of rotatable bonds is 2. The van der Waals surface area contributed by atoms with E-state index in [4.69, 9.17) is 0 Å². The molecular weight excluding hydrogens is 117 g/mol. The van der Waals surface area contributed by atoms with Crippen molar-refractivity contribution in [1.82, 2.24) is 4.90 Å². The highest BCUT2D eigenvalue weighted by Crippen LogP contribution is 2.11. The van der Waals surface area contributed by atoms with Gasteiger partial charge in [0.2, 0.25) is 0 Å². The quantitative estimate of drug-likeness (QED) is 0.549. The second kappa shape index (κ2) is 3.83. The van der Waals surface area contributed by atoms with Gasteiger partial charge < -0.3 is 0 Å². The van der Waals surface area contributed by atoms with Gasteiger partial charge in [-0.1, -0.05) is 6.42 Å². The van der Waals surface area contributed by atoms with Gasteiger partial charge in [0, 0.05) is 13.1 Å². The first-order valence-corrected chi connectivity index (χ1v) is 3.57. The Morgan fingerprint density at radius 2 is 2.33 bits per heavy atom. The Morgan fingerprint density at radius 3 is 2.89 bits per heavy atom. The van der Waals surface area contributed by atoms with Gasteiger partial charge in [-0.2, -0.15) is 0 Å². The minimum atomic E-state index is -0.212. The molecule has 0 atom stereocenters. The number of halogens is 1. The van der Waals surface area contributed by atoms with E-state index in [1.807, 2.05) is 0 Å². The smallest absolute Gasteiger partial charge is 0.102 e. The lowest BCUT2D eigenvalue weighted by molar-refractivity contribution is 0.256. The van der Waals surface area contributed by atoms with Crippen LogP contribution in [0.2, 0.25) is 0 Å². The molecular formula is C7H13FN. The topological polar surface area (TPSA) is 3.24 Å². The number of likely N-dealkylation sites (tertiary alicyclic amines) is 1. The number of hydrogen-bond acceptors (Lipinski definition) is 1. The van der Waals surface area contributed by atoms with Gasteiger partial charge in [-0.15, -0.1) is 0 Å². The van der Waals surface area contributed by atoms with Crippen LogP contribution in [-0.2, 0) is 0 Å². The molecule has 1 aliphatic rings. The van der Waals surface area contributed by atoms with E-state index >= 15 is 0 Å². The van der Waals surface area contributed by atoms with Gasteiger partial charge in [0.05, 0.1) is 0 Å². The lowest BCUT2D eigenvalue weighted by atomic mass is 10.1. The summed E-state index contributed by atoms with van der Waals surface area (Å²) in [4.78, 5) is 2.07. The molecule has 1 heterocycles. The summed E-state index contributed by atoms with van der Waals surface area (Å²) < 4.78 is 11.7. The Kier molecular flexibility index (Phi) is 2.98. The van der Waals surface area contributed by atoms with Crippen LogP contribution in [0.4, 0.5) is 4.39 Å². The molecule has 1 aliphatic heterocycles. The molecule has 0 spiro atoms. The number of alkyl halides is 1. The molecule has 0 unspecified atom stereocenters. The fourth-order valence-electron chi connectivity index (χ4n) is 1.14. The minimum absolute atomic E-state index is 0.212. The summed E-state index contributed by atoms with van der Waals surface area (Å²) in [5, 5.41) is 0. The van der Waals surface area contributed by atoms with Crippen molar-refractivity contribution in [2.45, 2.75) is 19.3 Å². The molecule has 1 nitrogen and oxygen atoms in total. The van der Waals surface area contributed by atoms with E-state index in [-0.39, 0.29) is 6.67 Å². The monoisotopic (exact) mass is 130 g/mol. The molecule has 0 saturated carbocycles. The molecule has 0 aromatic carbocycles. The third-order valence-corrected chi connectivity index (χ3v) is 1.66. The third kappa shape index (κ3) is 2.31. The van der Waals surface area contributed by atoms with E-state index in [9.17, 15) is 4.39 Å². The molecule has 0 aromatic heterocycles. The van der Waals surface area contributed by atoms with E-state index in [0.29, 0.717) is 6.54 Å². The van der Waals surface area contributed by atoms with Crippen molar-refractivity contribution < 1.29 is 4.39 Å². The Balaban J connectivity index is 2.08. The van der Waals surface area contributed by atoms with E-state index in [1.54, 1.807) is 0 Å². The summed E-state index contributed by atoms with van der Waals surface area (Å²) in [6.07, 6.45) is 3.65. The van der Waals surface area contributed by atoms with Gasteiger partial charge in [0.1, 0.15) is 6.67 Å². The van der Waals surface area contributed by atoms with Crippen molar-refractivity contribution in [1.29, 1.82) is 0 Å². The van der Waals surface area contributed by atoms with Crippen molar-refractivity contribution in [3.8, 4) is 0 Å². The summed E-state index contributed by atoms with van der Waals surface area (Å²) in [7, 11) is 0. The van der Waals surface area contributed by atoms with Gasteiger partial charge in [0.25, 0.3) is 0 Å². The van der Waals surface area contributed by atoms with Crippen molar-refractivity contribution in [2.75, 3.05) is 19.8 Å². The summed E-state index contributed by atoms with van der Waals surface area (Å²) in [5.74, 6) is 0. The van der Waals surface area contributed by atoms with Crippen LogP contribution in [0.5, 0.6) is 0 Å². The van der Waals surface area contributed by atoms with Crippen LogP contribution in [0.25, 0.3) is 0 Å². The average Bonchev–Trinajstić information content (AvgIpc) is 1.91. The van der Waals surface area contributed by atoms with Crippen LogP contribution in [0.3, 0.4) is 0 Å². The Hall–Kier alpha value is -0.110. The first-order valence-electron chi connectivity index (χ1n) is 3.57. The zero-order valence-corrected chi connectivity index (χ0v) is 5.65. The number of nitrogens with zero attached hydrogens (tertiary/aromatic N) is 1. The van der Waals surface area contributed by atoms with Crippen LogP contribution in [0.15, 0.2) is 0 Å². The SMILES string of the molecule is FCCN1[CH]CCCC1. The maximum Gasteiger partial charge on any atom is 0.102 e. The molecule has 0 N–H and O–H groups in total. The maximum atomic E-state index is 11.7. The normalized spacial score (nSPS) is 22.3. The van der Waals surface area contributed by atoms with Gasteiger partial charge >= 0.3 is 0 Å². The highest BCUT2D eigenvalue weighted by atomic mass is 19.1. The molecule has 1 saturated heterocycles. The minimum Gasteiger partial charge on any atom is -0.296 e. The molecule has 1 radical (unpaired) electrons. The first-order chi connectivity index (χ1) is 4.43. The Labute approximate surface area is 55.8 Å². The van der Waals surface area contributed by atoms with E-state index < -0.39 is 0 Å². The summed E-state index contributed by atoms with van der Waals surface area (Å²) in [6, 6.07) is 0. The molecule has 0 bridgehead atoms. The van der Waals surface area contributed by atoms with Crippen LogP contribution >= 0.6 is 0 Å². The van der Waals surface area contributed by atoms with Gasteiger partial charge in [-0.25, -0.2) is 4.39 Å². The van der Waals surface area contributed by atoms with Crippen LogP contribution < -0.4 is 0 Å². The second-order valence-corrected chi connectivity index (χ2v) is 2.40. The highest BCUT2D eigenvalue weighted by Gasteiger charge is 2.08. The van der Waals surface area contributed by atoms with Crippen LogP contribution in [0, 0.1) is 6.54 Å². The third-order valence-electron chi connectivity index (χ3n) is 1.66. The largest absolute Gasteiger partial charge is 0.296 e. The predicted molar refractivity (Wildman–Crippen MR) is 35.7 cm³/mol. The van der Waals surface area contributed by atoms with E-state index in [0.717, 1.165) is 13.0 Å². The molecule has 2 heteroatoms. The van der Waals surface area contributed by atoms with Crippen molar-refractivity contribution >= 4 is 0 Å². The lowest BCUT2D eigenvalue weighted by Crippen LogP contribution is -2.27. The van der Waals surface area contributed by atoms with Crippen molar-refractivity contribution in [3.05, 3.63) is 6.54 Å². The highest BCUT2D eigenvalue weighted by molar-refractivity contribution is 4.73. The lowest BCUT2D eigenvalue weighted by Gasteiger charge is -2.24. The van der Waals surface area contributed by atoms with Gasteiger partial charge in [-0.3, -0.25) is 4.90 Å². The van der Waals surface area contributed by atoms with Crippen LogP contribution in [0.1, 0.15) is 19.3 Å². The molecule has 1 fully saturated rings. The summed E-state index contributed by atoms with van der Waals surface area (Å²) >= 11 is 0. The standard InChI is InChI=1S/C7H13FN/c8-4-7-9-5-2-1-3-6-9/h5H,1-4,6-7H2. The van der Waals surface area contributed by atoms with E-state index in [2.05, 4.69) is 11.4 Å². The molecule has 9 heavy (non-hydrogen) atoms. The maximum absolute atomic E-state index is 11.7. The van der Waals surface area contributed by atoms with E-state index in [1.165, 1.54) is 12.8 Å². The van der Waals surface area contributed by atoms with Crippen molar-refractivity contribution in [3.63, 3.8) is 0 Å². The number of piperidine rings is 1. The molecule has 0 aromatic rings. The number of hydrogen-bond donors (Lipinski definition) is 0. The zero-order chi connectivity index (χ0) is 6.53. The zero-order valence-electron chi connectivity index (χ0n) is 5.65. The first kappa shape index (κ1) is 7.00. The predicted octanol–water partition coefficient (Wildman–Crippen LogP) is 1.60.